The van der Waals surface area contributed by atoms with Crippen LogP contribution in [-0.4, -0.2) is 22.9 Å². The van der Waals surface area contributed by atoms with E-state index in [-0.39, 0.29) is 0 Å². The molecular formula is C18H22F3N3. The summed E-state index contributed by atoms with van der Waals surface area (Å²) in [6.45, 7) is 4.92. The topological polar surface area (TPSA) is 29.9 Å². The average Bonchev–Trinajstić information content (AvgIpc) is 2.98. The predicted octanol–water partition coefficient (Wildman–Crippen LogP) is 3.98. The number of aromatic nitrogens is 2. The van der Waals surface area contributed by atoms with E-state index in [9.17, 15) is 13.2 Å². The van der Waals surface area contributed by atoms with E-state index < -0.39 is 11.7 Å². The molecule has 1 aliphatic rings. The molecule has 24 heavy (non-hydrogen) atoms. The van der Waals surface area contributed by atoms with Gasteiger partial charge < -0.3 is 5.32 Å². The van der Waals surface area contributed by atoms with Crippen LogP contribution in [0, 0.1) is 0 Å². The number of alkyl halides is 3. The van der Waals surface area contributed by atoms with Gasteiger partial charge in [0, 0.05) is 24.6 Å². The van der Waals surface area contributed by atoms with Crippen molar-refractivity contribution in [3.8, 4) is 0 Å². The third-order valence-electron chi connectivity index (χ3n) is 4.59. The molecule has 6 heteroatoms. The summed E-state index contributed by atoms with van der Waals surface area (Å²) in [5.74, 6) is 0.514. The van der Waals surface area contributed by atoms with Gasteiger partial charge in [0.25, 0.3) is 0 Å². The molecule has 1 aromatic carbocycles. The van der Waals surface area contributed by atoms with Gasteiger partial charge in [0.1, 0.15) is 0 Å². The summed E-state index contributed by atoms with van der Waals surface area (Å²) in [5.41, 5.74) is 2.41. The average molecular weight is 337 g/mol. The summed E-state index contributed by atoms with van der Waals surface area (Å²) in [5, 5.41) is 8.01. The van der Waals surface area contributed by atoms with Crippen molar-refractivity contribution >= 4 is 0 Å². The maximum absolute atomic E-state index is 12.6. The first-order valence-corrected chi connectivity index (χ1v) is 8.41. The zero-order chi connectivity index (χ0) is 17.2. The first kappa shape index (κ1) is 17.0. The number of benzene rings is 1. The van der Waals surface area contributed by atoms with Crippen LogP contribution in [0.25, 0.3) is 0 Å². The molecule has 0 unspecified atom stereocenters. The highest BCUT2D eigenvalue weighted by atomic mass is 19.4. The lowest BCUT2D eigenvalue weighted by molar-refractivity contribution is -0.137. The summed E-state index contributed by atoms with van der Waals surface area (Å²) in [4.78, 5) is 0. The van der Waals surface area contributed by atoms with Crippen LogP contribution in [0.15, 0.2) is 30.3 Å². The summed E-state index contributed by atoms with van der Waals surface area (Å²) >= 11 is 0. The Morgan fingerprint density at radius 2 is 1.83 bits per heavy atom. The molecule has 1 aliphatic heterocycles. The number of rotatable bonds is 4. The van der Waals surface area contributed by atoms with Crippen LogP contribution in [-0.2, 0) is 19.1 Å². The predicted molar refractivity (Wildman–Crippen MR) is 87.0 cm³/mol. The van der Waals surface area contributed by atoms with Crippen molar-refractivity contribution in [3.63, 3.8) is 0 Å². The third kappa shape index (κ3) is 3.80. The molecular weight excluding hydrogens is 315 g/mol. The van der Waals surface area contributed by atoms with E-state index in [1.165, 1.54) is 17.8 Å². The van der Waals surface area contributed by atoms with E-state index in [0.717, 1.165) is 55.9 Å². The van der Waals surface area contributed by atoms with Gasteiger partial charge >= 0.3 is 6.18 Å². The Bertz CT molecular complexity index is 668. The van der Waals surface area contributed by atoms with Crippen LogP contribution >= 0.6 is 0 Å². The first-order chi connectivity index (χ1) is 11.5. The van der Waals surface area contributed by atoms with Crippen molar-refractivity contribution in [1.82, 2.24) is 15.1 Å². The number of nitrogens with zero attached hydrogens (tertiary/aromatic N) is 2. The van der Waals surface area contributed by atoms with Crippen molar-refractivity contribution in [1.29, 1.82) is 0 Å². The van der Waals surface area contributed by atoms with Crippen LogP contribution in [0.5, 0.6) is 0 Å². The van der Waals surface area contributed by atoms with Crippen molar-refractivity contribution in [2.45, 2.75) is 44.8 Å². The number of aryl methyl sites for hydroxylation is 1. The molecule has 0 spiro atoms. The Morgan fingerprint density at radius 1 is 1.17 bits per heavy atom. The highest BCUT2D eigenvalue weighted by Gasteiger charge is 2.30. The van der Waals surface area contributed by atoms with Crippen molar-refractivity contribution in [3.05, 3.63) is 52.8 Å². The molecule has 0 amide bonds. The monoisotopic (exact) mass is 337 g/mol. The molecule has 0 bridgehead atoms. The molecule has 1 fully saturated rings. The second kappa shape index (κ2) is 6.97. The van der Waals surface area contributed by atoms with Gasteiger partial charge in [-0.15, -0.1) is 0 Å². The normalized spacial score (nSPS) is 16.5. The van der Waals surface area contributed by atoms with Gasteiger partial charge in [-0.3, -0.25) is 4.68 Å². The van der Waals surface area contributed by atoms with Gasteiger partial charge in [-0.2, -0.15) is 18.3 Å². The zero-order valence-electron chi connectivity index (χ0n) is 13.7. The van der Waals surface area contributed by atoms with E-state index >= 15 is 0 Å². The molecule has 1 N–H and O–H groups in total. The standard InChI is InChI=1S/C18H22F3N3/c1-2-24-17(14-7-9-22-10-8-14)12-16(23-24)11-13-3-5-15(6-4-13)18(19,20)21/h3-6,12,14,22H,2,7-11H2,1H3. The van der Waals surface area contributed by atoms with Crippen molar-refractivity contribution in [2.24, 2.45) is 0 Å². The van der Waals surface area contributed by atoms with Crippen LogP contribution in [0.2, 0.25) is 0 Å². The highest BCUT2D eigenvalue weighted by molar-refractivity contribution is 5.28. The quantitative estimate of drug-likeness (QED) is 0.914. The number of piperidine rings is 1. The van der Waals surface area contributed by atoms with Crippen molar-refractivity contribution < 1.29 is 13.2 Å². The van der Waals surface area contributed by atoms with Gasteiger partial charge in [-0.05, 0) is 56.6 Å². The third-order valence-corrected chi connectivity index (χ3v) is 4.59. The molecule has 0 atom stereocenters. The lowest BCUT2D eigenvalue weighted by atomic mass is 9.94. The van der Waals surface area contributed by atoms with Gasteiger partial charge in [-0.25, -0.2) is 0 Å². The molecule has 1 saturated heterocycles. The summed E-state index contributed by atoms with van der Waals surface area (Å²) in [7, 11) is 0. The molecule has 3 nitrogen and oxygen atoms in total. The SMILES string of the molecule is CCn1nc(Cc2ccc(C(F)(F)F)cc2)cc1C1CCNCC1. The number of nitrogens with one attached hydrogen (secondary N) is 1. The second-order valence-electron chi connectivity index (χ2n) is 6.27. The van der Waals surface area contributed by atoms with Crippen LogP contribution in [0.4, 0.5) is 13.2 Å². The molecule has 2 heterocycles. The summed E-state index contributed by atoms with van der Waals surface area (Å²) < 4.78 is 39.9. The minimum Gasteiger partial charge on any atom is -0.317 e. The Hall–Kier alpha value is -1.82. The minimum absolute atomic E-state index is 0.514. The van der Waals surface area contributed by atoms with Gasteiger partial charge in [0.2, 0.25) is 0 Å². The smallest absolute Gasteiger partial charge is 0.317 e. The maximum Gasteiger partial charge on any atom is 0.416 e. The molecule has 130 valence electrons. The van der Waals surface area contributed by atoms with Gasteiger partial charge in [-0.1, -0.05) is 12.1 Å². The molecule has 0 radical (unpaired) electrons. The summed E-state index contributed by atoms with van der Waals surface area (Å²) in [6, 6.07) is 7.48. The minimum atomic E-state index is -4.29. The van der Waals surface area contributed by atoms with Gasteiger partial charge in [0.05, 0.1) is 11.3 Å². The lowest BCUT2D eigenvalue weighted by Crippen LogP contribution is -2.27. The van der Waals surface area contributed by atoms with E-state index in [0.29, 0.717) is 12.3 Å². The fraction of sp³-hybridized carbons (Fsp3) is 0.500. The fourth-order valence-electron chi connectivity index (χ4n) is 3.29. The fourth-order valence-corrected chi connectivity index (χ4v) is 3.29. The number of hydrogen-bond acceptors (Lipinski definition) is 2. The van der Waals surface area contributed by atoms with E-state index in [1.54, 1.807) is 0 Å². The van der Waals surface area contributed by atoms with Crippen LogP contribution in [0.1, 0.15) is 48.2 Å². The molecule has 0 saturated carbocycles. The van der Waals surface area contributed by atoms with E-state index in [4.69, 9.17) is 0 Å². The first-order valence-electron chi connectivity index (χ1n) is 8.41. The maximum atomic E-state index is 12.6. The lowest BCUT2D eigenvalue weighted by Gasteiger charge is -2.23. The Kier molecular flexibility index (Phi) is 4.94. The Balaban J connectivity index is 1.76. The van der Waals surface area contributed by atoms with Crippen LogP contribution in [0.3, 0.4) is 0 Å². The molecule has 1 aromatic heterocycles. The summed E-state index contributed by atoms with van der Waals surface area (Å²) in [6.07, 6.45) is -1.52. The van der Waals surface area contributed by atoms with Crippen LogP contribution < -0.4 is 5.32 Å². The highest BCUT2D eigenvalue weighted by Crippen LogP contribution is 2.30. The Labute approximate surface area is 139 Å². The zero-order valence-corrected chi connectivity index (χ0v) is 13.7. The second-order valence-corrected chi connectivity index (χ2v) is 6.27. The van der Waals surface area contributed by atoms with Crippen molar-refractivity contribution in [2.75, 3.05) is 13.1 Å². The molecule has 2 aromatic rings. The largest absolute Gasteiger partial charge is 0.416 e. The number of hydrogen-bond donors (Lipinski definition) is 1. The van der Waals surface area contributed by atoms with Gasteiger partial charge in [0.15, 0.2) is 0 Å². The van der Waals surface area contributed by atoms with E-state index in [1.807, 2.05) is 4.68 Å². The molecule has 3 rings (SSSR count). The molecule has 0 aliphatic carbocycles. The Morgan fingerprint density at radius 3 is 2.42 bits per heavy atom. The number of halogens is 3. The van der Waals surface area contributed by atoms with E-state index in [2.05, 4.69) is 23.4 Å².